The number of aromatic nitrogens is 5. The number of carboxylic acid groups (broad SMARTS) is 1. The van der Waals surface area contributed by atoms with Crippen molar-refractivity contribution in [3.8, 4) is 11.4 Å². The van der Waals surface area contributed by atoms with Crippen LogP contribution in [0.25, 0.3) is 5.69 Å². The average molecular weight is 648 g/mol. The van der Waals surface area contributed by atoms with E-state index in [1.807, 2.05) is 24.4 Å². The predicted molar refractivity (Wildman–Crippen MR) is 146 cm³/mol. The molecule has 1 saturated carbocycles. The van der Waals surface area contributed by atoms with E-state index < -0.39 is 16.0 Å². The van der Waals surface area contributed by atoms with E-state index >= 15 is 0 Å². The molecule has 38 heavy (non-hydrogen) atoms. The van der Waals surface area contributed by atoms with Crippen LogP contribution in [0.2, 0.25) is 0 Å². The number of benzene rings is 2. The molecule has 0 amide bonds. The van der Waals surface area contributed by atoms with Gasteiger partial charge >= 0.3 is 5.97 Å². The van der Waals surface area contributed by atoms with Gasteiger partial charge in [-0.15, -0.1) is 5.10 Å². The molecule has 5 rings (SSSR count). The Balaban J connectivity index is 1.45. The molecule has 2 atom stereocenters. The monoisotopic (exact) mass is 648 g/mol. The predicted octanol–water partition coefficient (Wildman–Crippen LogP) is 3.40. The first-order valence-corrected chi connectivity index (χ1v) is 14.2. The van der Waals surface area contributed by atoms with Gasteiger partial charge in [0, 0.05) is 42.2 Å². The standard InChI is InChI=1S/C25H25IN6O5S/c1-30-14-21(28-29-30)18-11-19(18)24-20(25(33)34)12-27-32(24)17-6-4-5-15(9-17)13-31(2)38(35,36)23-10-16(26)7-8-22(23)37-3/h4-10,12,14,18-19H,11,13H2,1-3H3,(H,33,34)/t18-,19-/m1/s1. The summed E-state index contributed by atoms with van der Waals surface area (Å²) in [5, 5.41) is 22.4. The number of hydrogen-bond acceptors (Lipinski definition) is 7. The number of aromatic carboxylic acids is 1. The molecule has 1 N–H and O–H groups in total. The van der Waals surface area contributed by atoms with Crippen LogP contribution in [0.5, 0.6) is 5.75 Å². The third-order valence-electron chi connectivity index (χ3n) is 6.55. The summed E-state index contributed by atoms with van der Waals surface area (Å²) in [4.78, 5) is 12.1. The van der Waals surface area contributed by atoms with Gasteiger partial charge in [0.15, 0.2) is 0 Å². The van der Waals surface area contributed by atoms with Gasteiger partial charge in [-0.2, -0.15) is 9.40 Å². The Labute approximate surface area is 233 Å². The lowest BCUT2D eigenvalue weighted by Crippen LogP contribution is -2.27. The Morgan fingerprint density at radius 3 is 2.71 bits per heavy atom. The van der Waals surface area contributed by atoms with E-state index in [1.54, 1.807) is 40.7 Å². The summed E-state index contributed by atoms with van der Waals surface area (Å²) in [5.41, 5.74) is 2.91. The van der Waals surface area contributed by atoms with E-state index in [4.69, 9.17) is 4.74 Å². The van der Waals surface area contributed by atoms with E-state index in [9.17, 15) is 18.3 Å². The molecule has 13 heteroatoms. The molecule has 1 fully saturated rings. The van der Waals surface area contributed by atoms with Gasteiger partial charge in [-0.05, 0) is 64.9 Å². The highest BCUT2D eigenvalue weighted by molar-refractivity contribution is 14.1. The zero-order valence-electron chi connectivity index (χ0n) is 20.8. The second-order valence-electron chi connectivity index (χ2n) is 9.15. The van der Waals surface area contributed by atoms with Crippen LogP contribution in [0.3, 0.4) is 0 Å². The molecule has 0 unspecified atom stereocenters. The molecule has 2 aromatic carbocycles. The van der Waals surface area contributed by atoms with Gasteiger partial charge in [0.25, 0.3) is 0 Å². The summed E-state index contributed by atoms with van der Waals surface area (Å²) < 4.78 is 37.3. The Kier molecular flexibility index (Phi) is 7.00. The topological polar surface area (TPSA) is 132 Å². The Hall–Kier alpha value is -3.30. The molecule has 0 aliphatic heterocycles. The molecule has 2 heterocycles. The van der Waals surface area contributed by atoms with Crippen LogP contribution in [0.15, 0.2) is 59.8 Å². The first kappa shape index (κ1) is 26.3. The van der Waals surface area contributed by atoms with E-state index in [2.05, 4.69) is 38.0 Å². The third kappa shape index (κ3) is 4.92. The molecular weight excluding hydrogens is 623 g/mol. The fourth-order valence-electron chi connectivity index (χ4n) is 4.59. The fourth-order valence-corrected chi connectivity index (χ4v) is 6.63. The number of rotatable bonds is 9. The number of carboxylic acids is 1. The number of methoxy groups -OCH3 is 1. The van der Waals surface area contributed by atoms with Crippen molar-refractivity contribution >= 4 is 38.6 Å². The lowest BCUT2D eigenvalue weighted by Gasteiger charge is -2.19. The number of nitrogens with zero attached hydrogens (tertiary/aromatic N) is 6. The number of aryl methyl sites for hydroxylation is 1. The van der Waals surface area contributed by atoms with Crippen LogP contribution in [0, 0.1) is 3.57 Å². The first-order valence-electron chi connectivity index (χ1n) is 11.7. The molecule has 2 aromatic heterocycles. The maximum atomic E-state index is 13.4. The van der Waals surface area contributed by atoms with E-state index in [0.717, 1.165) is 21.2 Å². The number of ether oxygens (including phenoxy) is 1. The number of hydrogen-bond donors (Lipinski definition) is 1. The van der Waals surface area contributed by atoms with Gasteiger partial charge in [0.05, 0.1) is 30.4 Å². The quantitative estimate of drug-likeness (QED) is 0.273. The van der Waals surface area contributed by atoms with Gasteiger partial charge in [-0.1, -0.05) is 17.3 Å². The van der Waals surface area contributed by atoms with Gasteiger partial charge in [-0.25, -0.2) is 17.9 Å². The van der Waals surface area contributed by atoms with Crippen molar-refractivity contribution in [3.63, 3.8) is 0 Å². The molecule has 11 nitrogen and oxygen atoms in total. The molecule has 4 aromatic rings. The molecule has 1 aliphatic carbocycles. The van der Waals surface area contributed by atoms with Gasteiger partial charge < -0.3 is 9.84 Å². The summed E-state index contributed by atoms with van der Waals surface area (Å²) in [6, 6.07) is 12.3. The molecule has 0 radical (unpaired) electrons. The minimum absolute atomic E-state index is 0.0559. The lowest BCUT2D eigenvalue weighted by molar-refractivity contribution is 0.0695. The molecule has 0 saturated heterocycles. The SMILES string of the molecule is COc1ccc(I)cc1S(=O)(=O)N(C)Cc1cccc(-n2ncc(C(=O)O)c2[C@@H]2C[C@H]2c2cn(C)nn2)c1. The molecule has 0 spiro atoms. The van der Waals surface area contributed by atoms with Crippen LogP contribution in [-0.4, -0.2) is 62.7 Å². The average Bonchev–Trinajstić information content (AvgIpc) is 3.33. The summed E-state index contributed by atoms with van der Waals surface area (Å²) >= 11 is 2.06. The second-order valence-corrected chi connectivity index (χ2v) is 12.4. The minimum atomic E-state index is -3.85. The highest BCUT2D eigenvalue weighted by Gasteiger charge is 2.46. The second kappa shape index (κ2) is 10.1. The van der Waals surface area contributed by atoms with Crippen molar-refractivity contribution in [3.05, 3.63) is 80.9 Å². The lowest BCUT2D eigenvalue weighted by atomic mass is 10.1. The first-order chi connectivity index (χ1) is 18.1. The Morgan fingerprint density at radius 2 is 2.03 bits per heavy atom. The summed E-state index contributed by atoms with van der Waals surface area (Å²) in [5.74, 6) is -0.791. The molecule has 1 aliphatic rings. The van der Waals surface area contributed by atoms with Crippen LogP contribution in [-0.2, 0) is 23.6 Å². The summed E-state index contributed by atoms with van der Waals surface area (Å²) in [6.07, 6.45) is 3.94. The molecular formula is C25H25IN6O5S. The van der Waals surface area contributed by atoms with Gasteiger partial charge in [0.2, 0.25) is 10.0 Å². The largest absolute Gasteiger partial charge is 0.495 e. The molecule has 198 valence electrons. The van der Waals surface area contributed by atoms with Crippen molar-refractivity contribution in [1.82, 2.24) is 29.1 Å². The zero-order chi connectivity index (χ0) is 27.2. The van der Waals surface area contributed by atoms with Crippen LogP contribution in [0.1, 0.15) is 45.6 Å². The molecule has 0 bridgehead atoms. The van der Waals surface area contributed by atoms with Crippen molar-refractivity contribution in [2.75, 3.05) is 14.2 Å². The van der Waals surface area contributed by atoms with Crippen molar-refractivity contribution in [2.45, 2.75) is 29.7 Å². The normalized spacial score (nSPS) is 17.1. The summed E-state index contributed by atoms with van der Waals surface area (Å²) in [6.45, 7) is 0.0961. The maximum absolute atomic E-state index is 13.4. The van der Waals surface area contributed by atoms with Crippen molar-refractivity contribution in [2.24, 2.45) is 7.05 Å². The van der Waals surface area contributed by atoms with E-state index in [-0.39, 0.29) is 34.6 Å². The highest BCUT2D eigenvalue weighted by atomic mass is 127. The third-order valence-corrected chi connectivity index (χ3v) is 9.05. The highest BCUT2D eigenvalue weighted by Crippen LogP contribution is 2.55. The number of halogens is 1. The van der Waals surface area contributed by atoms with E-state index in [1.165, 1.54) is 24.7 Å². The maximum Gasteiger partial charge on any atom is 0.339 e. The van der Waals surface area contributed by atoms with E-state index in [0.29, 0.717) is 11.4 Å². The van der Waals surface area contributed by atoms with Crippen molar-refractivity contribution < 1.29 is 23.1 Å². The smallest absolute Gasteiger partial charge is 0.339 e. The van der Waals surface area contributed by atoms with Crippen LogP contribution < -0.4 is 4.74 Å². The number of sulfonamides is 1. The van der Waals surface area contributed by atoms with Crippen LogP contribution in [0.4, 0.5) is 0 Å². The number of carbonyl (C=O) groups is 1. The van der Waals surface area contributed by atoms with Gasteiger partial charge in [-0.3, -0.25) is 4.68 Å². The van der Waals surface area contributed by atoms with Gasteiger partial charge in [0.1, 0.15) is 16.2 Å². The Bertz CT molecular complexity index is 1630. The van der Waals surface area contributed by atoms with Crippen molar-refractivity contribution in [1.29, 1.82) is 0 Å². The summed E-state index contributed by atoms with van der Waals surface area (Å²) in [7, 11) is 0.894. The Morgan fingerprint density at radius 1 is 1.24 bits per heavy atom. The van der Waals surface area contributed by atoms with Crippen LogP contribution >= 0.6 is 22.6 Å². The minimum Gasteiger partial charge on any atom is -0.495 e. The zero-order valence-corrected chi connectivity index (χ0v) is 23.8. The fraction of sp³-hybridized carbons (Fsp3) is 0.280.